The molecule has 1 atom stereocenters. The molecule has 2 aliphatic rings. The van der Waals surface area contributed by atoms with E-state index < -0.39 is 0 Å². The van der Waals surface area contributed by atoms with E-state index in [1.54, 1.807) is 0 Å². The molecule has 0 spiro atoms. The van der Waals surface area contributed by atoms with Crippen molar-refractivity contribution in [3.63, 3.8) is 0 Å². The molecule has 2 saturated heterocycles. The Hall–Kier alpha value is -0.0400. The average molecular weight is 422 g/mol. The number of nitrogens with one attached hydrogen (secondary N) is 1. The summed E-state index contributed by atoms with van der Waals surface area (Å²) in [5.74, 6) is 1.86. The Bertz CT molecular complexity index is 368. The summed E-state index contributed by atoms with van der Waals surface area (Å²) in [5, 5.41) is 3.63. The van der Waals surface area contributed by atoms with E-state index in [0.29, 0.717) is 11.5 Å². The molecule has 130 valence electrons. The Morgan fingerprint density at radius 3 is 2.59 bits per heavy atom. The van der Waals surface area contributed by atoms with Crippen molar-refractivity contribution in [3.05, 3.63) is 0 Å². The Balaban J connectivity index is 0.00000242. The van der Waals surface area contributed by atoms with E-state index in [1.807, 2.05) is 7.05 Å². The number of rotatable bonds is 3. The van der Waals surface area contributed by atoms with E-state index in [4.69, 9.17) is 0 Å². The van der Waals surface area contributed by atoms with Gasteiger partial charge >= 0.3 is 0 Å². The lowest BCUT2D eigenvalue weighted by molar-refractivity contribution is 0.140. The molecule has 0 radical (unpaired) electrons. The van der Waals surface area contributed by atoms with E-state index in [-0.39, 0.29) is 24.0 Å². The molecule has 2 heterocycles. The Kier molecular flexibility index (Phi) is 7.92. The molecule has 0 aromatic carbocycles. The van der Waals surface area contributed by atoms with Gasteiger partial charge in [-0.3, -0.25) is 4.99 Å². The summed E-state index contributed by atoms with van der Waals surface area (Å²) in [6.07, 6.45) is 3.94. The zero-order valence-electron chi connectivity index (χ0n) is 15.1. The Morgan fingerprint density at radius 1 is 1.32 bits per heavy atom. The van der Waals surface area contributed by atoms with Gasteiger partial charge in [0.05, 0.1) is 0 Å². The van der Waals surface area contributed by atoms with Gasteiger partial charge in [-0.05, 0) is 51.0 Å². The minimum absolute atomic E-state index is 0. The quantitative estimate of drug-likeness (QED) is 0.431. The van der Waals surface area contributed by atoms with Gasteiger partial charge in [-0.25, -0.2) is 0 Å². The molecule has 22 heavy (non-hydrogen) atoms. The van der Waals surface area contributed by atoms with Gasteiger partial charge in [0.2, 0.25) is 0 Å². The van der Waals surface area contributed by atoms with Gasteiger partial charge in [-0.1, -0.05) is 13.8 Å². The lowest BCUT2D eigenvalue weighted by Gasteiger charge is -2.36. The maximum atomic E-state index is 4.49. The molecule has 0 aromatic rings. The number of hydrogen-bond donors (Lipinski definition) is 1. The smallest absolute Gasteiger partial charge is 0.193 e. The average Bonchev–Trinajstić information content (AvgIpc) is 2.80. The number of piperidine rings is 1. The molecule has 2 rings (SSSR count). The predicted molar refractivity (Wildman–Crippen MR) is 106 cm³/mol. The second-order valence-corrected chi connectivity index (χ2v) is 7.86. The van der Waals surface area contributed by atoms with Crippen molar-refractivity contribution in [2.75, 3.05) is 39.8 Å². The van der Waals surface area contributed by atoms with Gasteiger partial charge in [-0.15, -0.1) is 24.0 Å². The van der Waals surface area contributed by atoms with Gasteiger partial charge in [0.1, 0.15) is 0 Å². The van der Waals surface area contributed by atoms with E-state index in [2.05, 4.69) is 47.8 Å². The maximum absolute atomic E-state index is 4.49. The van der Waals surface area contributed by atoms with Crippen LogP contribution in [0.25, 0.3) is 0 Å². The fraction of sp³-hybridized carbons (Fsp3) is 0.941. The number of hydrogen-bond acceptors (Lipinski definition) is 2. The summed E-state index contributed by atoms with van der Waals surface area (Å²) in [4.78, 5) is 9.52. The summed E-state index contributed by atoms with van der Waals surface area (Å²) in [6.45, 7) is 15.1. The first kappa shape index (κ1) is 20.0. The highest BCUT2D eigenvalue weighted by Crippen LogP contribution is 2.28. The molecule has 0 saturated carbocycles. The highest BCUT2D eigenvalue weighted by Gasteiger charge is 2.31. The monoisotopic (exact) mass is 422 g/mol. The molecule has 0 bridgehead atoms. The Morgan fingerprint density at radius 2 is 2.05 bits per heavy atom. The standard InChI is InChI=1S/C17H34N4.HI/c1-14(2)20-9-6-7-15(12-20)11-19-16(18-5)21-10-8-17(3,4)13-21;/h14-15H,6-13H2,1-5H3,(H,18,19);1H. The molecule has 2 aliphatic heterocycles. The minimum Gasteiger partial charge on any atom is -0.356 e. The van der Waals surface area contributed by atoms with Crippen molar-refractivity contribution in [1.29, 1.82) is 0 Å². The lowest BCUT2D eigenvalue weighted by Crippen LogP contribution is -2.47. The summed E-state index contributed by atoms with van der Waals surface area (Å²) in [6, 6.07) is 0.673. The zero-order chi connectivity index (χ0) is 15.5. The lowest BCUT2D eigenvalue weighted by atomic mass is 9.93. The maximum Gasteiger partial charge on any atom is 0.193 e. The van der Waals surface area contributed by atoms with Crippen molar-refractivity contribution >= 4 is 29.9 Å². The van der Waals surface area contributed by atoms with E-state index >= 15 is 0 Å². The third kappa shape index (κ3) is 5.55. The molecule has 4 nitrogen and oxygen atoms in total. The first-order valence-corrected chi connectivity index (χ1v) is 8.61. The summed E-state index contributed by atoms with van der Waals surface area (Å²) in [7, 11) is 1.91. The molecule has 5 heteroatoms. The largest absolute Gasteiger partial charge is 0.356 e. The van der Waals surface area contributed by atoms with E-state index in [0.717, 1.165) is 31.5 Å². The molecular weight excluding hydrogens is 387 g/mol. The second-order valence-electron chi connectivity index (χ2n) is 7.86. The van der Waals surface area contributed by atoms with Gasteiger partial charge in [0.25, 0.3) is 0 Å². The highest BCUT2D eigenvalue weighted by molar-refractivity contribution is 14.0. The van der Waals surface area contributed by atoms with Crippen LogP contribution in [0.3, 0.4) is 0 Å². The van der Waals surface area contributed by atoms with Crippen LogP contribution in [0.4, 0.5) is 0 Å². The minimum atomic E-state index is 0. The molecule has 2 fully saturated rings. The third-order valence-electron chi connectivity index (χ3n) is 5.02. The summed E-state index contributed by atoms with van der Waals surface area (Å²) < 4.78 is 0. The van der Waals surface area contributed by atoms with Crippen molar-refractivity contribution in [3.8, 4) is 0 Å². The fourth-order valence-electron chi connectivity index (χ4n) is 3.59. The van der Waals surface area contributed by atoms with Gasteiger partial charge in [0.15, 0.2) is 5.96 Å². The second kappa shape index (κ2) is 8.71. The zero-order valence-corrected chi connectivity index (χ0v) is 17.4. The Labute approximate surface area is 154 Å². The van der Waals surface area contributed by atoms with Gasteiger partial charge in [0, 0.05) is 39.3 Å². The first-order chi connectivity index (χ1) is 9.91. The van der Waals surface area contributed by atoms with Crippen LogP contribution < -0.4 is 5.32 Å². The first-order valence-electron chi connectivity index (χ1n) is 8.61. The topological polar surface area (TPSA) is 30.9 Å². The third-order valence-corrected chi connectivity index (χ3v) is 5.02. The highest BCUT2D eigenvalue weighted by atomic mass is 127. The molecule has 0 aromatic heterocycles. The predicted octanol–water partition coefficient (Wildman–Crippen LogP) is 3.03. The van der Waals surface area contributed by atoms with Crippen LogP contribution in [-0.2, 0) is 0 Å². The van der Waals surface area contributed by atoms with Crippen LogP contribution in [0.15, 0.2) is 4.99 Å². The van der Waals surface area contributed by atoms with E-state index in [1.165, 1.54) is 32.4 Å². The molecule has 1 N–H and O–H groups in total. The van der Waals surface area contributed by atoms with Crippen LogP contribution in [0.5, 0.6) is 0 Å². The van der Waals surface area contributed by atoms with Crippen LogP contribution in [0, 0.1) is 11.3 Å². The van der Waals surface area contributed by atoms with Gasteiger partial charge in [-0.2, -0.15) is 0 Å². The normalized spacial score (nSPS) is 26.2. The van der Waals surface area contributed by atoms with Crippen LogP contribution >= 0.6 is 24.0 Å². The fourth-order valence-corrected chi connectivity index (χ4v) is 3.59. The van der Waals surface area contributed by atoms with Crippen LogP contribution in [0.1, 0.15) is 47.0 Å². The molecule has 0 aliphatic carbocycles. The number of likely N-dealkylation sites (tertiary alicyclic amines) is 2. The van der Waals surface area contributed by atoms with Crippen LogP contribution in [0.2, 0.25) is 0 Å². The summed E-state index contributed by atoms with van der Waals surface area (Å²) in [5.41, 5.74) is 0.427. The van der Waals surface area contributed by atoms with Crippen molar-refractivity contribution in [2.24, 2.45) is 16.3 Å². The molecule has 0 amide bonds. The molecular formula is C17H35IN4. The number of guanidine groups is 1. The summed E-state index contributed by atoms with van der Waals surface area (Å²) >= 11 is 0. The number of nitrogens with zero attached hydrogens (tertiary/aromatic N) is 3. The SMILES string of the molecule is CN=C(NCC1CCCN(C(C)C)C1)N1CCC(C)(C)C1.I. The van der Waals surface area contributed by atoms with Crippen molar-refractivity contribution in [1.82, 2.24) is 15.1 Å². The molecule has 1 unspecified atom stereocenters. The van der Waals surface area contributed by atoms with E-state index in [9.17, 15) is 0 Å². The van der Waals surface area contributed by atoms with Gasteiger partial charge < -0.3 is 15.1 Å². The van der Waals surface area contributed by atoms with Crippen LogP contribution in [-0.4, -0.2) is 61.6 Å². The number of aliphatic imine (C=N–C) groups is 1. The van der Waals surface area contributed by atoms with Crippen molar-refractivity contribution < 1.29 is 0 Å². The van der Waals surface area contributed by atoms with Crippen molar-refractivity contribution in [2.45, 2.75) is 53.0 Å². The number of halogens is 1.